The lowest BCUT2D eigenvalue weighted by atomic mass is 10.1. The Balaban J connectivity index is 1.84. The van der Waals surface area contributed by atoms with Crippen LogP contribution in [0.3, 0.4) is 0 Å². The summed E-state index contributed by atoms with van der Waals surface area (Å²) in [5, 5.41) is 25.2. The fourth-order valence-corrected chi connectivity index (χ4v) is 3.17. The quantitative estimate of drug-likeness (QED) is 0.720. The highest BCUT2D eigenvalue weighted by Gasteiger charge is 2.48. The van der Waals surface area contributed by atoms with Gasteiger partial charge in [-0.05, 0) is 37.1 Å². The van der Waals surface area contributed by atoms with Crippen LogP contribution < -0.4 is 10.1 Å². The molecular weight excluding hydrogens is 346 g/mol. The van der Waals surface area contributed by atoms with E-state index in [0.717, 1.165) is 24.1 Å². The van der Waals surface area contributed by atoms with Gasteiger partial charge in [0.15, 0.2) is 17.2 Å². The normalized spacial score (nSPS) is 14.5. The zero-order chi connectivity index (χ0) is 19.0. The van der Waals surface area contributed by atoms with Crippen molar-refractivity contribution in [1.82, 2.24) is 19.9 Å². The van der Waals surface area contributed by atoms with Crippen molar-refractivity contribution in [1.29, 1.82) is 5.26 Å². The van der Waals surface area contributed by atoms with Crippen molar-refractivity contribution in [2.24, 2.45) is 0 Å². The number of fused-ring (bicyclic) bond motifs is 1. The number of carboxylic acid groups (broad SMARTS) is 1. The molecule has 0 aliphatic heterocycles. The highest BCUT2D eigenvalue weighted by Crippen LogP contribution is 2.46. The lowest BCUT2D eigenvalue weighted by Gasteiger charge is -2.10. The average molecular weight is 363 g/mol. The smallest absolute Gasteiger partial charge is 0.404 e. The van der Waals surface area contributed by atoms with E-state index in [1.54, 1.807) is 23.8 Å². The second-order valence-electron chi connectivity index (χ2n) is 6.59. The Morgan fingerprint density at radius 2 is 2.22 bits per heavy atom. The van der Waals surface area contributed by atoms with Crippen LogP contribution in [0.4, 0.5) is 4.79 Å². The molecule has 2 aromatic heterocycles. The maximum Gasteiger partial charge on any atom is 0.404 e. The van der Waals surface area contributed by atoms with Gasteiger partial charge in [-0.1, -0.05) is 12.1 Å². The topological polar surface area (TPSA) is 113 Å². The number of benzene rings is 1. The molecule has 3 aromatic rings. The van der Waals surface area contributed by atoms with E-state index in [0.29, 0.717) is 22.8 Å². The van der Waals surface area contributed by atoms with E-state index in [2.05, 4.69) is 21.5 Å². The third-order valence-electron chi connectivity index (χ3n) is 4.86. The summed E-state index contributed by atoms with van der Waals surface area (Å²) in [6.07, 6.45) is 0.592. The molecule has 1 aliphatic carbocycles. The number of nitrogens with zero attached hydrogens (tertiary/aromatic N) is 4. The van der Waals surface area contributed by atoms with Crippen LogP contribution in [0.15, 0.2) is 36.4 Å². The number of hydrogen-bond donors (Lipinski definition) is 2. The van der Waals surface area contributed by atoms with Crippen LogP contribution in [0, 0.1) is 11.3 Å². The molecule has 0 radical (unpaired) electrons. The maximum atomic E-state index is 10.9. The highest BCUT2D eigenvalue weighted by atomic mass is 16.5. The average Bonchev–Trinajstić information content (AvgIpc) is 3.35. The van der Waals surface area contributed by atoms with Crippen molar-refractivity contribution in [2.45, 2.75) is 18.3 Å². The number of aromatic nitrogens is 3. The van der Waals surface area contributed by atoms with Crippen molar-refractivity contribution >= 4 is 11.7 Å². The number of rotatable bonds is 5. The molecule has 1 aliphatic rings. The van der Waals surface area contributed by atoms with E-state index in [1.165, 1.54) is 0 Å². The van der Waals surface area contributed by atoms with Gasteiger partial charge in [-0.3, -0.25) is 0 Å². The molecule has 4 rings (SSSR count). The van der Waals surface area contributed by atoms with Crippen molar-refractivity contribution < 1.29 is 14.6 Å². The molecule has 27 heavy (non-hydrogen) atoms. The summed E-state index contributed by atoms with van der Waals surface area (Å²) in [5.74, 6) is 1.18. The predicted molar refractivity (Wildman–Crippen MR) is 96.6 cm³/mol. The summed E-state index contributed by atoms with van der Waals surface area (Å²) in [7, 11) is 1.57. The molecule has 1 fully saturated rings. The van der Waals surface area contributed by atoms with Crippen LogP contribution in [-0.4, -0.2) is 39.5 Å². The summed E-state index contributed by atoms with van der Waals surface area (Å²) >= 11 is 0. The second-order valence-corrected chi connectivity index (χ2v) is 6.59. The molecule has 8 nitrogen and oxygen atoms in total. The molecule has 0 atom stereocenters. The van der Waals surface area contributed by atoms with Crippen molar-refractivity contribution in [3.05, 3.63) is 47.8 Å². The fourth-order valence-electron chi connectivity index (χ4n) is 3.17. The zero-order valence-corrected chi connectivity index (χ0v) is 14.6. The monoisotopic (exact) mass is 363 g/mol. The first kappa shape index (κ1) is 16.8. The first-order valence-corrected chi connectivity index (χ1v) is 8.48. The number of nitriles is 1. The van der Waals surface area contributed by atoms with Gasteiger partial charge in [0.1, 0.15) is 0 Å². The number of ether oxygens (including phenoxy) is 1. The van der Waals surface area contributed by atoms with Crippen LogP contribution in [0.25, 0.3) is 16.9 Å². The summed E-state index contributed by atoms with van der Waals surface area (Å²) in [6.45, 7) is 0.279. The van der Waals surface area contributed by atoms with Crippen molar-refractivity contribution in [3.8, 4) is 23.1 Å². The lowest BCUT2D eigenvalue weighted by Crippen LogP contribution is -2.31. The van der Waals surface area contributed by atoms with E-state index in [9.17, 15) is 4.79 Å². The Morgan fingerprint density at radius 1 is 1.41 bits per heavy atom. The van der Waals surface area contributed by atoms with Gasteiger partial charge in [-0.15, -0.1) is 5.10 Å². The number of pyridine rings is 1. The van der Waals surface area contributed by atoms with Crippen molar-refractivity contribution in [3.63, 3.8) is 0 Å². The lowest BCUT2D eigenvalue weighted by molar-refractivity contribution is 0.193. The fraction of sp³-hybridized carbons (Fsp3) is 0.263. The minimum Gasteiger partial charge on any atom is -0.493 e. The van der Waals surface area contributed by atoms with Crippen LogP contribution in [-0.2, 0) is 5.41 Å². The van der Waals surface area contributed by atoms with E-state index in [4.69, 9.17) is 15.1 Å². The number of methoxy groups -OCH3 is 1. The molecular formula is C19H17N5O3. The van der Waals surface area contributed by atoms with Crippen LogP contribution in [0.2, 0.25) is 0 Å². The van der Waals surface area contributed by atoms with Gasteiger partial charge in [0, 0.05) is 17.5 Å². The molecule has 0 spiro atoms. The Labute approximate surface area is 155 Å². The molecule has 0 bridgehead atoms. The molecule has 8 heteroatoms. The van der Waals surface area contributed by atoms with E-state index in [1.807, 2.05) is 24.3 Å². The van der Waals surface area contributed by atoms with Gasteiger partial charge in [0.25, 0.3) is 0 Å². The third-order valence-corrected chi connectivity index (χ3v) is 4.86. The standard InChI is InChI=1S/C19H17N5O3/c1-27-15-6-5-14(13-4-2-3-12(9-13)10-20)24-16(15)22-17(23-24)19(7-8-19)11-21-18(25)26/h2-6,9,21H,7-8,11H2,1H3,(H,25,26). The van der Waals surface area contributed by atoms with Crippen LogP contribution >= 0.6 is 0 Å². The van der Waals surface area contributed by atoms with Gasteiger partial charge in [0.05, 0.1) is 24.4 Å². The molecule has 1 saturated carbocycles. The Bertz CT molecular complexity index is 1080. The molecule has 1 aromatic carbocycles. The molecule has 2 N–H and O–H groups in total. The molecule has 0 unspecified atom stereocenters. The van der Waals surface area contributed by atoms with E-state index in [-0.39, 0.29) is 12.0 Å². The van der Waals surface area contributed by atoms with E-state index >= 15 is 0 Å². The number of carbonyl (C=O) groups is 1. The molecule has 1 amide bonds. The summed E-state index contributed by atoms with van der Waals surface area (Å²) < 4.78 is 7.12. The first-order valence-electron chi connectivity index (χ1n) is 8.48. The van der Waals surface area contributed by atoms with Crippen molar-refractivity contribution in [2.75, 3.05) is 13.7 Å². The van der Waals surface area contributed by atoms with E-state index < -0.39 is 6.09 Å². The van der Waals surface area contributed by atoms with Gasteiger partial charge in [-0.25, -0.2) is 14.3 Å². The number of amides is 1. The van der Waals surface area contributed by atoms with Crippen LogP contribution in [0.5, 0.6) is 5.75 Å². The molecule has 0 saturated heterocycles. The SMILES string of the molecule is COc1ccc(-c2cccc(C#N)c2)n2nc(C3(CNC(=O)O)CC3)nc12. The van der Waals surface area contributed by atoms with Gasteiger partial charge in [0.2, 0.25) is 0 Å². The summed E-state index contributed by atoms with van der Waals surface area (Å²) in [6, 6.07) is 13.1. The largest absolute Gasteiger partial charge is 0.493 e. The highest BCUT2D eigenvalue weighted by molar-refractivity contribution is 5.68. The maximum absolute atomic E-state index is 10.9. The van der Waals surface area contributed by atoms with Gasteiger partial charge < -0.3 is 15.2 Å². The number of nitrogens with one attached hydrogen (secondary N) is 1. The summed E-state index contributed by atoms with van der Waals surface area (Å²) in [4.78, 5) is 15.5. The van der Waals surface area contributed by atoms with Gasteiger partial charge in [-0.2, -0.15) is 5.26 Å². The minimum atomic E-state index is -1.06. The zero-order valence-electron chi connectivity index (χ0n) is 14.6. The summed E-state index contributed by atoms with van der Waals surface area (Å²) in [5.41, 5.74) is 2.37. The van der Waals surface area contributed by atoms with Crippen LogP contribution in [0.1, 0.15) is 24.2 Å². The Kier molecular flexibility index (Phi) is 3.92. The minimum absolute atomic E-state index is 0.279. The Hall–Kier alpha value is -3.60. The first-order chi connectivity index (χ1) is 13.1. The Morgan fingerprint density at radius 3 is 2.89 bits per heavy atom. The predicted octanol–water partition coefficient (Wildman–Crippen LogP) is 2.58. The third kappa shape index (κ3) is 2.93. The van der Waals surface area contributed by atoms with Gasteiger partial charge >= 0.3 is 6.09 Å². The number of hydrogen-bond acceptors (Lipinski definition) is 5. The molecule has 136 valence electrons. The molecule has 2 heterocycles. The second kappa shape index (κ2) is 6.29.